The Labute approximate surface area is 139 Å². The largest absolute Gasteiger partial charge is 0.512 e. The number of amides is 2. The summed E-state index contributed by atoms with van der Waals surface area (Å²) in [5, 5.41) is 26.8. The number of piperidine rings is 1. The number of aromatic amines is 1. The molecule has 0 aliphatic carbocycles. The SMILES string of the molecule is O=C(O)OC1=C(COC(=O)Nc2nn[nH]n2)C2CCN[C@@H]3C(=O)N1[C@H]23. The van der Waals surface area contributed by atoms with Crippen molar-refractivity contribution in [2.24, 2.45) is 5.92 Å². The van der Waals surface area contributed by atoms with Crippen LogP contribution in [-0.4, -0.2) is 74.0 Å². The average molecular weight is 351 g/mol. The number of anilines is 1. The number of hydrogen-bond acceptors (Lipinski definition) is 9. The predicted octanol–water partition coefficient (Wildman–Crippen LogP) is -1.14. The Bertz CT molecular complexity index is 762. The fraction of sp³-hybridized carbons (Fsp3) is 0.500. The highest BCUT2D eigenvalue weighted by molar-refractivity contribution is 5.93. The van der Waals surface area contributed by atoms with Gasteiger partial charge in [0.2, 0.25) is 11.8 Å². The molecule has 4 heterocycles. The van der Waals surface area contributed by atoms with Gasteiger partial charge in [0.1, 0.15) is 12.6 Å². The van der Waals surface area contributed by atoms with E-state index in [4.69, 9.17) is 14.6 Å². The van der Waals surface area contributed by atoms with E-state index in [9.17, 15) is 14.4 Å². The summed E-state index contributed by atoms with van der Waals surface area (Å²) in [6, 6.07) is -0.578. The van der Waals surface area contributed by atoms with Crippen LogP contribution in [0.1, 0.15) is 6.42 Å². The zero-order valence-corrected chi connectivity index (χ0v) is 12.6. The fourth-order valence-corrected chi connectivity index (χ4v) is 3.48. The first-order valence-electron chi connectivity index (χ1n) is 7.43. The molecule has 2 amide bonds. The van der Waals surface area contributed by atoms with E-state index in [1.54, 1.807) is 0 Å². The summed E-state index contributed by atoms with van der Waals surface area (Å²) in [6.07, 6.45) is -1.70. The highest BCUT2D eigenvalue weighted by atomic mass is 16.7. The summed E-state index contributed by atoms with van der Waals surface area (Å²) in [6.45, 7) is 0.383. The van der Waals surface area contributed by atoms with Gasteiger partial charge in [-0.3, -0.25) is 15.0 Å². The van der Waals surface area contributed by atoms with Crippen LogP contribution in [0.15, 0.2) is 11.5 Å². The molecular weight excluding hydrogens is 338 g/mol. The fourth-order valence-electron chi connectivity index (χ4n) is 3.48. The Morgan fingerprint density at radius 2 is 2.28 bits per heavy atom. The molecule has 25 heavy (non-hydrogen) atoms. The van der Waals surface area contributed by atoms with Crippen molar-refractivity contribution < 1.29 is 29.0 Å². The molecule has 13 heteroatoms. The molecule has 0 radical (unpaired) electrons. The van der Waals surface area contributed by atoms with Gasteiger partial charge in [-0.25, -0.2) is 9.59 Å². The molecule has 0 spiro atoms. The lowest BCUT2D eigenvalue weighted by molar-refractivity contribution is -0.152. The molecule has 1 unspecified atom stereocenters. The Morgan fingerprint density at radius 1 is 1.44 bits per heavy atom. The maximum Gasteiger partial charge on any atom is 0.512 e. The van der Waals surface area contributed by atoms with E-state index >= 15 is 0 Å². The minimum absolute atomic E-state index is 0.0617. The van der Waals surface area contributed by atoms with E-state index in [1.165, 1.54) is 4.90 Å². The van der Waals surface area contributed by atoms with Crippen molar-refractivity contribution in [1.82, 2.24) is 30.8 Å². The first-order chi connectivity index (χ1) is 12.1. The van der Waals surface area contributed by atoms with Crippen molar-refractivity contribution in [2.45, 2.75) is 18.5 Å². The number of nitrogens with one attached hydrogen (secondary N) is 3. The molecule has 132 valence electrons. The highest BCUT2D eigenvalue weighted by Crippen LogP contribution is 2.46. The minimum atomic E-state index is -1.54. The Morgan fingerprint density at radius 3 is 3.00 bits per heavy atom. The quantitative estimate of drug-likeness (QED) is 0.383. The molecule has 3 aliphatic heterocycles. The first-order valence-corrected chi connectivity index (χ1v) is 7.43. The lowest BCUT2D eigenvalue weighted by Crippen LogP contribution is -2.71. The van der Waals surface area contributed by atoms with Gasteiger partial charge in [-0.2, -0.15) is 5.21 Å². The Kier molecular flexibility index (Phi) is 3.49. The maximum atomic E-state index is 12.2. The number of hydrogen-bond donors (Lipinski definition) is 4. The summed E-state index contributed by atoms with van der Waals surface area (Å²) in [4.78, 5) is 36.2. The molecule has 0 bridgehead atoms. The van der Waals surface area contributed by atoms with Gasteiger partial charge in [-0.05, 0) is 18.2 Å². The van der Waals surface area contributed by atoms with Crippen LogP contribution in [0.4, 0.5) is 15.5 Å². The molecule has 3 atom stereocenters. The average Bonchev–Trinajstić information content (AvgIpc) is 3.16. The normalized spacial score (nSPS) is 26.8. The summed E-state index contributed by atoms with van der Waals surface area (Å²) < 4.78 is 9.90. The molecule has 1 aromatic heterocycles. The number of rotatable bonds is 4. The van der Waals surface area contributed by atoms with Gasteiger partial charge < -0.3 is 19.9 Å². The third-order valence-corrected chi connectivity index (χ3v) is 4.42. The number of nitrogens with zero attached hydrogens (tertiary/aromatic N) is 4. The summed E-state index contributed by atoms with van der Waals surface area (Å²) in [5.41, 5.74) is 0.466. The maximum absolute atomic E-state index is 12.2. The van der Waals surface area contributed by atoms with E-state index in [-0.39, 0.29) is 42.3 Å². The topological polar surface area (TPSA) is 172 Å². The zero-order chi connectivity index (χ0) is 17.6. The van der Waals surface area contributed by atoms with Gasteiger partial charge >= 0.3 is 12.2 Å². The van der Waals surface area contributed by atoms with Crippen LogP contribution in [-0.2, 0) is 14.3 Å². The van der Waals surface area contributed by atoms with Crippen molar-refractivity contribution in [3.8, 4) is 0 Å². The van der Waals surface area contributed by atoms with Gasteiger partial charge in [0.05, 0.1) is 6.04 Å². The smallest absolute Gasteiger partial charge is 0.449 e. The van der Waals surface area contributed by atoms with Crippen molar-refractivity contribution in [1.29, 1.82) is 0 Å². The van der Waals surface area contributed by atoms with Crippen LogP contribution in [0.25, 0.3) is 0 Å². The van der Waals surface area contributed by atoms with Crippen molar-refractivity contribution in [3.05, 3.63) is 11.5 Å². The van der Waals surface area contributed by atoms with Crippen LogP contribution < -0.4 is 10.6 Å². The number of carbonyl (C=O) groups is 3. The number of ether oxygens (including phenoxy) is 2. The van der Waals surface area contributed by atoms with Crippen LogP contribution in [0.5, 0.6) is 0 Å². The predicted molar refractivity (Wildman–Crippen MR) is 75.8 cm³/mol. The van der Waals surface area contributed by atoms with Gasteiger partial charge in [-0.15, -0.1) is 5.10 Å². The van der Waals surface area contributed by atoms with Crippen molar-refractivity contribution in [3.63, 3.8) is 0 Å². The molecule has 1 aromatic rings. The zero-order valence-electron chi connectivity index (χ0n) is 12.6. The number of tetrazole rings is 1. The van der Waals surface area contributed by atoms with Gasteiger partial charge in [0.25, 0.3) is 5.95 Å². The second kappa shape index (κ2) is 5.70. The Balaban J connectivity index is 1.51. The van der Waals surface area contributed by atoms with E-state index in [2.05, 4.69) is 31.3 Å². The van der Waals surface area contributed by atoms with E-state index in [0.717, 1.165) is 0 Å². The molecule has 4 rings (SSSR count). The van der Waals surface area contributed by atoms with E-state index in [1.807, 2.05) is 0 Å². The molecule has 2 fully saturated rings. The minimum Gasteiger partial charge on any atom is -0.449 e. The van der Waals surface area contributed by atoms with Crippen LogP contribution in [0, 0.1) is 5.92 Å². The lowest BCUT2D eigenvalue weighted by Gasteiger charge is -2.48. The van der Waals surface area contributed by atoms with Crippen molar-refractivity contribution in [2.75, 3.05) is 18.5 Å². The number of β-lactam (4-membered cyclic amide) rings is 1. The van der Waals surface area contributed by atoms with Crippen LogP contribution >= 0.6 is 0 Å². The summed E-state index contributed by atoms with van der Waals surface area (Å²) in [7, 11) is 0. The van der Waals surface area contributed by atoms with Crippen LogP contribution in [0.3, 0.4) is 0 Å². The number of carboxylic acid groups (broad SMARTS) is 1. The molecule has 3 aliphatic rings. The first kappa shape index (κ1) is 15.3. The molecule has 4 N–H and O–H groups in total. The number of carbonyl (C=O) groups excluding carboxylic acids is 2. The van der Waals surface area contributed by atoms with Crippen molar-refractivity contribution >= 4 is 24.1 Å². The van der Waals surface area contributed by atoms with Crippen LogP contribution in [0.2, 0.25) is 0 Å². The number of aromatic nitrogens is 4. The number of H-pyrrole nitrogens is 1. The Hall–Kier alpha value is -3.22. The van der Waals surface area contributed by atoms with E-state index < -0.39 is 12.2 Å². The van der Waals surface area contributed by atoms with E-state index in [0.29, 0.717) is 18.5 Å². The molecule has 0 aromatic carbocycles. The molecule has 0 saturated carbocycles. The van der Waals surface area contributed by atoms with Gasteiger partial charge in [0.15, 0.2) is 0 Å². The summed E-state index contributed by atoms with van der Waals surface area (Å²) in [5.74, 6) is -0.512. The third kappa shape index (κ3) is 2.44. The standard InChI is InChI=1S/C12H13N7O6/c20-8-6-7-4(1-2-13-6)5(9(19(7)8)25-12(22)23)3-24-11(21)14-10-15-17-18-16-10/h4,6-7,13H,1-3H2,(H,22,23)(H2,14,15,16,17,18,21)/t4?,6-,7+/m0/s1. The molecule has 2 saturated heterocycles. The highest BCUT2D eigenvalue weighted by Gasteiger charge is 2.61. The molecule has 13 nitrogen and oxygen atoms in total. The summed E-state index contributed by atoms with van der Waals surface area (Å²) >= 11 is 0. The second-order valence-corrected chi connectivity index (χ2v) is 5.66. The monoisotopic (exact) mass is 351 g/mol. The third-order valence-electron chi connectivity index (χ3n) is 4.42. The second-order valence-electron chi connectivity index (χ2n) is 5.66. The van der Waals surface area contributed by atoms with Gasteiger partial charge in [0, 0.05) is 11.5 Å². The van der Waals surface area contributed by atoms with Gasteiger partial charge in [-0.1, -0.05) is 5.10 Å². The lowest BCUT2D eigenvalue weighted by atomic mass is 9.79. The molecular formula is C12H13N7O6.